The molecule has 0 aliphatic rings. The standard InChI is InChI=1S/C16H25O/c1-2-3-4-5-6-7-8-9-10-11-12-13-14-15-16-17/h10-15H,2-9H2,1H3. The quantitative estimate of drug-likeness (QED) is 0.282. The molecule has 0 N–H and O–H groups in total. The first kappa shape index (κ1) is 15.9. The highest BCUT2D eigenvalue weighted by Crippen LogP contribution is 2.08. The summed E-state index contributed by atoms with van der Waals surface area (Å²) < 4.78 is 0. The first-order valence-corrected chi connectivity index (χ1v) is 6.77. The molecule has 0 aliphatic carbocycles. The molecule has 0 unspecified atom stereocenters. The minimum Gasteiger partial charge on any atom is -0.286 e. The molecule has 0 heterocycles. The van der Waals surface area contributed by atoms with Gasteiger partial charge < -0.3 is 0 Å². The molecular weight excluding hydrogens is 208 g/mol. The topological polar surface area (TPSA) is 17.1 Å². The van der Waals surface area contributed by atoms with Crippen LogP contribution in [0.2, 0.25) is 0 Å². The molecular formula is C16H25O. The summed E-state index contributed by atoms with van der Waals surface area (Å²) in [5.74, 6) is 0. The van der Waals surface area contributed by atoms with Crippen molar-refractivity contribution in [1.82, 2.24) is 0 Å². The molecule has 1 radical (unpaired) electrons. The highest BCUT2D eigenvalue weighted by molar-refractivity contribution is 5.66. The lowest BCUT2D eigenvalue weighted by atomic mass is 10.1. The lowest BCUT2D eigenvalue weighted by Crippen LogP contribution is -1.78. The second-order valence-electron chi connectivity index (χ2n) is 4.20. The Morgan fingerprint density at radius 3 is 2.18 bits per heavy atom. The molecule has 0 bridgehead atoms. The molecule has 1 nitrogen and oxygen atoms in total. The number of unbranched alkanes of at least 4 members (excludes halogenated alkanes) is 7. The summed E-state index contributed by atoms with van der Waals surface area (Å²) in [5, 5.41) is 0. The molecule has 0 atom stereocenters. The van der Waals surface area contributed by atoms with E-state index in [1.807, 2.05) is 18.2 Å². The van der Waals surface area contributed by atoms with Gasteiger partial charge in [0.1, 0.15) is 0 Å². The van der Waals surface area contributed by atoms with Gasteiger partial charge in [-0.2, -0.15) is 0 Å². The van der Waals surface area contributed by atoms with Crippen molar-refractivity contribution in [2.75, 3.05) is 0 Å². The molecule has 1 heteroatoms. The summed E-state index contributed by atoms with van der Waals surface area (Å²) in [6, 6.07) is 0. The van der Waals surface area contributed by atoms with E-state index < -0.39 is 0 Å². The lowest BCUT2D eigenvalue weighted by Gasteiger charge is -1.98. The van der Waals surface area contributed by atoms with Gasteiger partial charge in [0, 0.05) is 0 Å². The molecule has 0 aromatic rings. The van der Waals surface area contributed by atoms with Crippen LogP contribution in [0.25, 0.3) is 0 Å². The van der Waals surface area contributed by atoms with Gasteiger partial charge in [-0.25, -0.2) is 0 Å². The van der Waals surface area contributed by atoms with Crippen molar-refractivity contribution in [2.45, 2.75) is 58.3 Å². The van der Waals surface area contributed by atoms with Gasteiger partial charge in [-0.3, -0.25) is 4.79 Å². The molecule has 0 amide bonds. The molecule has 0 aliphatic heterocycles. The van der Waals surface area contributed by atoms with Crippen molar-refractivity contribution in [2.24, 2.45) is 0 Å². The highest BCUT2D eigenvalue weighted by atomic mass is 16.1. The predicted octanol–water partition coefficient (Wildman–Crippen LogP) is 4.91. The monoisotopic (exact) mass is 233 g/mol. The van der Waals surface area contributed by atoms with Crippen molar-refractivity contribution in [3.8, 4) is 0 Å². The molecule has 17 heavy (non-hydrogen) atoms. The number of rotatable bonds is 11. The zero-order chi connectivity index (χ0) is 12.6. The van der Waals surface area contributed by atoms with E-state index >= 15 is 0 Å². The van der Waals surface area contributed by atoms with Gasteiger partial charge in [-0.15, -0.1) is 0 Å². The van der Waals surface area contributed by atoms with Gasteiger partial charge in [0.05, 0.1) is 0 Å². The first-order chi connectivity index (χ1) is 8.41. The maximum Gasteiger partial charge on any atom is 0.225 e. The average Bonchev–Trinajstić information content (AvgIpc) is 2.35. The van der Waals surface area contributed by atoms with E-state index in [2.05, 4.69) is 13.0 Å². The zero-order valence-corrected chi connectivity index (χ0v) is 11.0. The van der Waals surface area contributed by atoms with Crippen LogP contribution in [0.5, 0.6) is 0 Å². The smallest absolute Gasteiger partial charge is 0.225 e. The fraction of sp³-hybridized carbons (Fsp3) is 0.562. The molecule has 0 saturated carbocycles. The van der Waals surface area contributed by atoms with Crippen LogP contribution in [0.1, 0.15) is 58.3 Å². The van der Waals surface area contributed by atoms with Crippen molar-refractivity contribution in [3.05, 3.63) is 36.5 Å². The normalized spacial score (nSPS) is 12.1. The van der Waals surface area contributed by atoms with Crippen LogP contribution in [-0.4, -0.2) is 6.29 Å². The zero-order valence-electron chi connectivity index (χ0n) is 11.0. The van der Waals surface area contributed by atoms with Crippen LogP contribution >= 0.6 is 0 Å². The number of allylic oxidation sites excluding steroid dienone is 6. The molecule has 0 saturated heterocycles. The maximum absolute atomic E-state index is 9.84. The van der Waals surface area contributed by atoms with E-state index in [1.165, 1.54) is 51.0 Å². The van der Waals surface area contributed by atoms with E-state index in [-0.39, 0.29) is 0 Å². The van der Waals surface area contributed by atoms with Crippen LogP contribution in [0.3, 0.4) is 0 Å². The van der Waals surface area contributed by atoms with Crippen molar-refractivity contribution in [1.29, 1.82) is 0 Å². The van der Waals surface area contributed by atoms with Crippen molar-refractivity contribution >= 4 is 6.29 Å². The van der Waals surface area contributed by atoms with Gasteiger partial charge in [-0.1, -0.05) is 75.8 Å². The second kappa shape index (κ2) is 14.9. The Morgan fingerprint density at radius 1 is 0.824 bits per heavy atom. The molecule has 0 rings (SSSR count). The van der Waals surface area contributed by atoms with E-state index in [0.29, 0.717) is 0 Å². The Morgan fingerprint density at radius 2 is 1.47 bits per heavy atom. The molecule has 95 valence electrons. The molecule has 0 aromatic carbocycles. The summed E-state index contributed by atoms with van der Waals surface area (Å²) in [6.07, 6.45) is 23.4. The Kier molecular flexibility index (Phi) is 13.9. The minimum absolute atomic E-state index is 1.15. The largest absolute Gasteiger partial charge is 0.286 e. The lowest BCUT2D eigenvalue weighted by molar-refractivity contribution is 0.564. The highest BCUT2D eigenvalue weighted by Gasteiger charge is 1.88. The summed E-state index contributed by atoms with van der Waals surface area (Å²) in [6.45, 7) is 2.25. The second-order valence-corrected chi connectivity index (χ2v) is 4.20. The van der Waals surface area contributed by atoms with Crippen LogP contribution in [0.4, 0.5) is 0 Å². The Bertz CT molecular complexity index is 236. The maximum atomic E-state index is 9.84. The Labute approximate surface area is 106 Å². The number of carbonyl (C=O) groups excluding carboxylic acids is 1. The fourth-order valence-corrected chi connectivity index (χ4v) is 1.62. The third-order valence-electron chi connectivity index (χ3n) is 2.61. The van der Waals surface area contributed by atoms with E-state index in [1.54, 1.807) is 12.4 Å². The van der Waals surface area contributed by atoms with Gasteiger partial charge in [0.25, 0.3) is 0 Å². The van der Waals surface area contributed by atoms with Gasteiger partial charge in [-0.05, 0) is 18.9 Å². The summed E-state index contributed by atoms with van der Waals surface area (Å²) >= 11 is 0. The third kappa shape index (κ3) is 14.9. The molecule has 0 aromatic heterocycles. The van der Waals surface area contributed by atoms with E-state index in [0.717, 1.165) is 6.42 Å². The Hall–Kier alpha value is -1.11. The van der Waals surface area contributed by atoms with E-state index in [4.69, 9.17) is 0 Å². The van der Waals surface area contributed by atoms with Crippen molar-refractivity contribution < 1.29 is 4.79 Å². The SMILES string of the molecule is CCCCCCCCCC=CC=CC=C[C]=O. The Balaban J connectivity index is 3.21. The van der Waals surface area contributed by atoms with Crippen LogP contribution in [0, 0.1) is 0 Å². The number of hydrogen-bond donors (Lipinski definition) is 0. The molecule has 0 spiro atoms. The summed E-state index contributed by atoms with van der Waals surface area (Å²) in [7, 11) is 0. The van der Waals surface area contributed by atoms with Crippen LogP contribution in [0.15, 0.2) is 36.5 Å². The van der Waals surface area contributed by atoms with E-state index in [9.17, 15) is 4.79 Å². The van der Waals surface area contributed by atoms with Gasteiger partial charge >= 0.3 is 0 Å². The first-order valence-electron chi connectivity index (χ1n) is 6.77. The van der Waals surface area contributed by atoms with Crippen molar-refractivity contribution in [3.63, 3.8) is 0 Å². The predicted molar refractivity (Wildman–Crippen MR) is 75.7 cm³/mol. The number of hydrogen-bond acceptors (Lipinski definition) is 1. The summed E-state index contributed by atoms with van der Waals surface area (Å²) in [4.78, 5) is 9.84. The minimum atomic E-state index is 1.15. The average molecular weight is 233 g/mol. The fourth-order valence-electron chi connectivity index (χ4n) is 1.62. The molecule has 0 fully saturated rings. The summed E-state index contributed by atoms with van der Waals surface area (Å²) in [5.41, 5.74) is 0. The third-order valence-corrected chi connectivity index (χ3v) is 2.61. The van der Waals surface area contributed by atoms with Gasteiger partial charge in [0.15, 0.2) is 0 Å². The van der Waals surface area contributed by atoms with Crippen LogP contribution < -0.4 is 0 Å². The van der Waals surface area contributed by atoms with Crippen LogP contribution in [-0.2, 0) is 4.79 Å². The van der Waals surface area contributed by atoms with Gasteiger partial charge in [0.2, 0.25) is 6.29 Å².